The molecule has 0 radical (unpaired) electrons. The van der Waals surface area contributed by atoms with Gasteiger partial charge in [-0.2, -0.15) is 0 Å². The molecule has 3 nitrogen and oxygen atoms in total. The molecule has 1 unspecified atom stereocenters. The van der Waals surface area contributed by atoms with Crippen LogP contribution in [0.4, 0.5) is 5.69 Å². The quantitative estimate of drug-likeness (QED) is 0.640. The van der Waals surface area contributed by atoms with Crippen LogP contribution >= 0.6 is 11.6 Å². The Morgan fingerprint density at radius 1 is 1.53 bits per heavy atom. The summed E-state index contributed by atoms with van der Waals surface area (Å²) >= 11 is 5.75. The van der Waals surface area contributed by atoms with Crippen LogP contribution < -0.4 is 5.73 Å². The first-order valence-electron chi connectivity index (χ1n) is 4.57. The first-order chi connectivity index (χ1) is 7.15. The summed E-state index contributed by atoms with van der Waals surface area (Å²) in [6.45, 7) is 0.610. The molecule has 0 aromatic heterocycles. The van der Waals surface area contributed by atoms with E-state index in [1.54, 1.807) is 25.3 Å². The van der Waals surface area contributed by atoms with Crippen LogP contribution in [0.2, 0.25) is 5.02 Å². The molecular weight excluding hydrogens is 234 g/mol. The number of anilines is 1. The van der Waals surface area contributed by atoms with Gasteiger partial charge in [0.1, 0.15) is 0 Å². The maximum atomic E-state index is 11.8. The molecular formula is C10H14ClNO2S. The molecule has 0 fully saturated rings. The van der Waals surface area contributed by atoms with E-state index in [0.29, 0.717) is 28.0 Å². The lowest BCUT2D eigenvalue weighted by molar-refractivity contribution is 0.200. The van der Waals surface area contributed by atoms with Crippen LogP contribution in [0, 0.1) is 0 Å². The largest absolute Gasteiger partial charge is 0.398 e. The summed E-state index contributed by atoms with van der Waals surface area (Å²) in [6, 6.07) is 5.02. The molecule has 2 N–H and O–H groups in total. The van der Waals surface area contributed by atoms with E-state index >= 15 is 0 Å². The smallest absolute Gasteiger partial charge is 0.0618 e. The number of halogens is 1. The molecule has 0 saturated heterocycles. The summed E-state index contributed by atoms with van der Waals surface area (Å²) in [5.74, 6) is 0.555. The molecule has 1 atom stereocenters. The lowest BCUT2D eigenvalue weighted by Crippen LogP contribution is -2.04. The van der Waals surface area contributed by atoms with Gasteiger partial charge in [-0.25, -0.2) is 0 Å². The van der Waals surface area contributed by atoms with Gasteiger partial charge in [0.15, 0.2) is 0 Å². The number of ether oxygens (including phenoxy) is 1. The average Bonchev–Trinajstić information content (AvgIpc) is 2.17. The number of benzene rings is 1. The fraction of sp³-hybridized carbons (Fsp3) is 0.400. The highest BCUT2D eigenvalue weighted by atomic mass is 35.5. The van der Waals surface area contributed by atoms with Gasteiger partial charge in [-0.05, 0) is 24.6 Å². The number of hydrogen-bond acceptors (Lipinski definition) is 3. The standard InChI is InChI=1S/C10H14ClNO2S/c1-14-5-2-6-15(13)10-4-3-8(11)7-9(10)12/h3-4,7H,2,5-6,12H2,1H3. The molecule has 1 aromatic carbocycles. The van der Waals surface area contributed by atoms with Crippen molar-refractivity contribution in [2.45, 2.75) is 11.3 Å². The van der Waals surface area contributed by atoms with Gasteiger partial charge in [-0.1, -0.05) is 11.6 Å². The Bertz CT molecular complexity index is 357. The van der Waals surface area contributed by atoms with Crippen molar-refractivity contribution in [2.24, 2.45) is 0 Å². The molecule has 0 spiro atoms. The minimum Gasteiger partial charge on any atom is -0.398 e. The van der Waals surface area contributed by atoms with Crippen LogP contribution in [0.1, 0.15) is 6.42 Å². The summed E-state index contributed by atoms with van der Waals surface area (Å²) < 4.78 is 16.7. The van der Waals surface area contributed by atoms with Gasteiger partial charge in [0.05, 0.1) is 15.7 Å². The third-order valence-electron chi connectivity index (χ3n) is 1.90. The van der Waals surface area contributed by atoms with Gasteiger partial charge in [-0.3, -0.25) is 4.21 Å². The summed E-state index contributed by atoms with van der Waals surface area (Å²) in [5, 5.41) is 0.560. The van der Waals surface area contributed by atoms with Crippen LogP contribution in [-0.4, -0.2) is 23.7 Å². The van der Waals surface area contributed by atoms with E-state index in [1.165, 1.54) is 0 Å². The highest BCUT2D eigenvalue weighted by Crippen LogP contribution is 2.21. The Kier molecular flexibility index (Phi) is 5.08. The molecule has 0 aliphatic rings. The summed E-state index contributed by atoms with van der Waals surface area (Å²) in [4.78, 5) is 0.649. The molecule has 15 heavy (non-hydrogen) atoms. The maximum absolute atomic E-state index is 11.8. The Morgan fingerprint density at radius 3 is 2.87 bits per heavy atom. The number of rotatable bonds is 5. The Labute approximate surface area is 97.0 Å². The Morgan fingerprint density at radius 2 is 2.27 bits per heavy atom. The number of nitrogens with two attached hydrogens (primary N) is 1. The van der Waals surface area contributed by atoms with Crippen molar-refractivity contribution in [3.8, 4) is 0 Å². The van der Waals surface area contributed by atoms with Crippen LogP contribution in [0.3, 0.4) is 0 Å². The lowest BCUT2D eigenvalue weighted by atomic mass is 10.3. The number of hydrogen-bond donors (Lipinski definition) is 1. The molecule has 5 heteroatoms. The van der Waals surface area contributed by atoms with E-state index in [1.807, 2.05) is 0 Å². The topological polar surface area (TPSA) is 52.3 Å². The van der Waals surface area contributed by atoms with Gasteiger partial charge in [-0.15, -0.1) is 0 Å². The second-order valence-electron chi connectivity index (χ2n) is 3.08. The minimum absolute atomic E-state index is 0.484. The van der Waals surface area contributed by atoms with E-state index < -0.39 is 10.8 Å². The summed E-state index contributed by atoms with van der Waals surface area (Å²) in [5.41, 5.74) is 6.20. The predicted molar refractivity (Wildman–Crippen MR) is 63.6 cm³/mol. The maximum Gasteiger partial charge on any atom is 0.0618 e. The van der Waals surface area contributed by atoms with Crippen molar-refractivity contribution in [3.63, 3.8) is 0 Å². The van der Waals surface area contributed by atoms with E-state index in [4.69, 9.17) is 22.1 Å². The van der Waals surface area contributed by atoms with Gasteiger partial charge in [0, 0.05) is 30.2 Å². The molecule has 0 saturated carbocycles. The monoisotopic (exact) mass is 247 g/mol. The van der Waals surface area contributed by atoms with Crippen LogP contribution in [0.5, 0.6) is 0 Å². The zero-order valence-corrected chi connectivity index (χ0v) is 10.1. The van der Waals surface area contributed by atoms with E-state index in [0.717, 1.165) is 6.42 Å². The second-order valence-corrected chi connectivity index (χ2v) is 5.05. The fourth-order valence-electron chi connectivity index (χ4n) is 1.17. The Balaban J connectivity index is 2.65. The molecule has 0 heterocycles. The third kappa shape index (κ3) is 3.81. The molecule has 0 aliphatic heterocycles. The SMILES string of the molecule is COCCCS(=O)c1ccc(Cl)cc1N. The van der Waals surface area contributed by atoms with Crippen molar-refractivity contribution in [3.05, 3.63) is 23.2 Å². The van der Waals surface area contributed by atoms with Crippen molar-refractivity contribution >= 4 is 28.1 Å². The number of nitrogen functional groups attached to an aromatic ring is 1. The molecule has 1 aromatic rings. The summed E-state index contributed by atoms with van der Waals surface area (Å²) in [7, 11) is 0.556. The van der Waals surface area contributed by atoms with Gasteiger partial charge in [0.25, 0.3) is 0 Å². The molecule has 1 rings (SSSR count). The van der Waals surface area contributed by atoms with E-state index in [2.05, 4.69) is 0 Å². The minimum atomic E-state index is -1.07. The zero-order valence-electron chi connectivity index (χ0n) is 8.53. The average molecular weight is 248 g/mol. The normalized spacial score (nSPS) is 12.7. The Hall–Kier alpha value is -0.580. The third-order valence-corrected chi connectivity index (χ3v) is 3.65. The summed E-state index contributed by atoms with van der Waals surface area (Å²) in [6.07, 6.45) is 0.755. The van der Waals surface area contributed by atoms with Crippen LogP contribution in [-0.2, 0) is 15.5 Å². The van der Waals surface area contributed by atoms with E-state index in [9.17, 15) is 4.21 Å². The zero-order chi connectivity index (χ0) is 11.3. The van der Waals surface area contributed by atoms with Crippen molar-refractivity contribution in [2.75, 3.05) is 25.2 Å². The van der Waals surface area contributed by atoms with E-state index in [-0.39, 0.29) is 0 Å². The van der Waals surface area contributed by atoms with Gasteiger partial charge < -0.3 is 10.5 Å². The van der Waals surface area contributed by atoms with Crippen molar-refractivity contribution in [1.29, 1.82) is 0 Å². The van der Waals surface area contributed by atoms with Crippen molar-refractivity contribution in [1.82, 2.24) is 0 Å². The van der Waals surface area contributed by atoms with Gasteiger partial charge in [0.2, 0.25) is 0 Å². The van der Waals surface area contributed by atoms with Crippen LogP contribution in [0.15, 0.2) is 23.1 Å². The molecule has 0 bridgehead atoms. The number of methoxy groups -OCH3 is 1. The fourth-order valence-corrected chi connectivity index (χ4v) is 2.49. The second kappa shape index (κ2) is 6.10. The molecule has 0 aliphatic carbocycles. The van der Waals surface area contributed by atoms with Crippen molar-refractivity contribution < 1.29 is 8.95 Å². The highest BCUT2D eigenvalue weighted by Gasteiger charge is 2.07. The first-order valence-corrected chi connectivity index (χ1v) is 6.27. The first kappa shape index (κ1) is 12.5. The molecule has 0 amide bonds. The predicted octanol–water partition coefficient (Wildman–Crippen LogP) is 2.07. The lowest BCUT2D eigenvalue weighted by Gasteiger charge is -2.05. The highest BCUT2D eigenvalue weighted by molar-refractivity contribution is 7.85. The van der Waals surface area contributed by atoms with Crippen LogP contribution in [0.25, 0.3) is 0 Å². The molecule has 84 valence electrons. The van der Waals surface area contributed by atoms with Gasteiger partial charge >= 0.3 is 0 Å².